The molecular weight excluding hydrogens is 204 g/mol. The molecule has 1 aliphatic heterocycles. The molecule has 0 spiro atoms. The summed E-state index contributed by atoms with van der Waals surface area (Å²) in [5.74, 6) is 0.0874. The third kappa shape index (κ3) is 2.26. The Bertz CT molecular complexity index is 301. The van der Waals surface area contributed by atoms with Crippen molar-refractivity contribution in [2.45, 2.75) is 39.3 Å². The smallest absolute Gasteiger partial charge is 0.246 e. The summed E-state index contributed by atoms with van der Waals surface area (Å²) in [7, 11) is 0. The molecule has 0 bridgehead atoms. The van der Waals surface area contributed by atoms with Crippen molar-refractivity contribution in [3.63, 3.8) is 0 Å². The molecule has 1 N–H and O–H groups in total. The van der Waals surface area contributed by atoms with E-state index in [4.69, 9.17) is 0 Å². The van der Waals surface area contributed by atoms with Crippen molar-refractivity contribution < 1.29 is 9.59 Å². The van der Waals surface area contributed by atoms with Crippen molar-refractivity contribution in [1.82, 2.24) is 10.2 Å². The van der Waals surface area contributed by atoms with Crippen LogP contribution in [-0.4, -0.2) is 35.3 Å². The third-order valence-electron chi connectivity index (χ3n) is 3.23. The highest BCUT2D eigenvalue weighted by Crippen LogP contribution is 2.17. The Labute approximate surface area is 96.7 Å². The molecule has 4 heteroatoms. The van der Waals surface area contributed by atoms with Crippen LogP contribution >= 0.6 is 0 Å². The Morgan fingerprint density at radius 2 is 2.19 bits per heavy atom. The first kappa shape index (κ1) is 12.7. The van der Waals surface area contributed by atoms with Crippen LogP contribution in [0.1, 0.15) is 27.2 Å². The first-order valence-corrected chi connectivity index (χ1v) is 5.74. The molecule has 1 aliphatic rings. The second kappa shape index (κ2) is 5.14. The first-order valence-electron chi connectivity index (χ1n) is 5.74. The van der Waals surface area contributed by atoms with E-state index in [2.05, 4.69) is 11.9 Å². The average Bonchev–Trinajstić information content (AvgIpc) is 2.28. The van der Waals surface area contributed by atoms with Crippen LogP contribution < -0.4 is 5.32 Å². The largest absolute Gasteiger partial charge is 0.342 e. The van der Waals surface area contributed by atoms with E-state index in [-0.39, 0.29) is 23.8 Å². The van der Waals surface area contributed by atoms with Crippen molar-refractivity contribution in [2.75, 3.05) is 6.54 Å². The topological polar surface area (TPSA) is 49.4 Å². The molecule has 3 atom stereocenters. The van der Waals surface area contributed by atoms with Gasteiger partial charge in [0, 0.05) is 6.54 Å². The minimum atomic E-state index is -0.397. The van der Waals surface area contributed by atoms with Crippen LogP contribution in [-0.2, 0) is 9.59 Å². The minimum Gasteiger partial charge on any atom is -0.342 e. The van der Waals surface area contributed by atoms with Crippen molar-refractivity contribution >= 4 is 11.8 Å². The summed E-state index contributed by atoms with van der Waals surface area (Å²) in [5, 5.41) is 2.79. The summed E-state index contributed by atoms with van der Waals surface area (Å²) < 4.78 is 0. The number of piperazine rings is 1. The van der Waals surface area contributed by atoms with Crippen molar-refractivity contribution in [1.29, 1.82) is 0 Å². The molecule has 0 saturated carbocycles. The van der Waals surface area contributed by atoms with Crippen LogP contribution in [0, 0.1) is 5.92 Å². The molecule has 0 aromatic heterocycles. The molecule has 0 aromatic carbocycles. The summed E-state index contributed by atoms with van der Waals surface area (Å²) in [6.45, 7) is 9.77. The Morgan fingerprint density at radius 3 is 2.69 bits per heavy atom. The third-order valence-corrected chi connectivity index (χ3v) is 3.23. The van der Waals surface area contributed by atoms with Crippen LogP contribution in [0.4, 0.5) is 0 Å². The van der Waals surface area contributed by atoms with E-state index in [1.54, 1.807) is 17.9 Å². The number of carbonyl (C=O) groups is 2. The number of hydrogen-bond acceptors (Lipinski definition) is 2. The lowest BCUT2D eigenvalue weighted by Gasteiger charge is -2.38. The lowest BCUT2D eigenvalue weighted by Crippen LogP contribution is -2.64. The number of nitrogens with one attached hydrogen (secondary N) is 1. The van der Waals surface area contributed by atoms with E-state index < -0.39 is 6.04 Å². The fourth-order valence-electron chi connectivity index (χ4n) is 1.86. The van der Waals surface area contributed by atoms with Gasteiger partial charge in [-0.25, -0.2) is 0 Å². The molecule has 0 aromatic rings. The number of rotatable bonds is 4. The van der Waals surface area contributed by atoms with Crippen LogP contribution in [0.5, 0.6) is 0 Å². The summed E-state index contributed by atoms with van der Waals surface area (Å²) >= 11 is 0. The molecule has 3 unspecified atom stereocenters. The number of hydrogen-bond donors (Lipinski definition) is 1. The highest BCUT2D eigenvalue weighted by atomic mass is 16.2. The highest BCUT2D eigenvalue weighted by Gasteiger charge is 2.39. The zero-order chi connectivity index (χ0) is 12.3. The van der Waals surface area contributed by atoms with Gasteiger partial charge in [0.25, 0.3) is 0 Å². The highest BCUT2D eigenvalue weighted by molar-refractivity contribution is 5.96. The standard InChI is InChI=1S/C12H20N2O2/c1-5-7-14-9(4)11(15)13-10(12(14)16)8(3)6-2/h5,8-10H,1,6-7H2,2-4H3,(H,13,15). The fourth-order valence-corrected chi connectivity index (χ4v) is 1.86. The van der Waals surface area contributed by atoms with E-state index in [0.29, 0.717) is 6.54 Å². The van der Waals surface area contributed by atoms with Gasteiger partial charge in [-0.1, -0.05) is 26.3 Å². The first-order chi connectivity index (χ1) is 7.52. The van der Waals surface area contributed by atoms with Crippen LogP contribution in [0.25, 0.3) is 0 Å². The SMILES string of the molecule is C=CCN1C(=O)C(C(C)CC)NC(=O)C1C. The van der Waals surface area contributed by atoms with Gasteiger partial charge in [0.2, 0.25) is 11.8 Å². The molecule has 1 rings (SSSR count). The average molecular weight is 224 g/mol. The Hall–Kier alpha value is -1.32. The van der Waals surface area contributed by atoms with Gasteiger partial charge in [-0.05, 0) is 12.8 Å². The van der Waals surface area contributed by atoms with Gasteiger partial charge < -0.3 is 10.2 Å². The van der Waals surface area contributed by atoms with Gasteiger partial charge in [-0.15, -0.1) is 6.58 Å². The van der Waals surface area contributed by atoms with Crippen LogP contribution in [0.2, 0.25) is 0 Å². The number of carbonyl (C=O) groups excluding carboxylic acids is 2. The van der Waals surface area contributed by atoms with E-state index in [9.17, 15) is 9.59 Å². The van der Waals surface area contributed by atoms with Crippen molar-refractivity contribution in [3.8, 4) is 0 Å². The predicted molar refractivity (Wildman–Crippen MR) is 62.8 cm³/mol. The normalized spacial score (nSPS) is 27.6. The monoisotopic (exact) mass is 224 g/mol. The lowest BCUT2D eigenvalue weighted by molar-refractivity contribution is -0.149. The van der Waals surface area contributed by atoms with Gasteiger partial charge in [-0.2, -0.15) is 0 Å². The molecule has 16 heavy (non-hydrogen) atoms. The van der Waals surface area contributed by atoms with Gasteiger partial charge >= 0.3 is 0 Å². The molecule has 4 nitrogen and oxygen atoms in total. The van der Waals surface area contributed by atoms with Crippen molar-refractivity contribution in [3.05, 3.63) is 12.7 Å². The van der Waals surface area contributed by atoms with Crippen molar-refractivity contribution in [2.24, 2.45) is 5.92 Å². The summed E-state index contributed by atoms with van der Waals surface area (Å²) in [5.41, 5.74) is 0. The quantitative estimate of drug-likeness (QED) is 0.722. The summed E-state index contributed by atoms with van der Waals surface area (Å²) in [4.78, 5) is 25.4. The van der Waals surface area contributed by atoms with E-state index in [1.165, 1.54) is 0 Å². The molecule has 90 valence electrons. The number of amides is 2. The Kier molecular flexibility index (Phi) is 4.10. The molecule has 0 aliphatic carbocycles. The van der Waals surface area contributed by atoms with Gasteiger partial charge in [-0.3, -0.25) is 9.59 Å². The predicted octanol–water partition coefficient (Wildman–Crippen LogP) is 0.934. The minimum absolute atomic E-state index is 0.00125. The van der Waals surface area contributed by atoms with Gasteiger partial charge in [0.15, 0.2) is 0 Å². The van der Waals surface area contributed by atoms with E-state index in [0.717, 1.165) is 6.42 Å². The molecule has 2 amide bonds. The molecule has 1 heterocycles. The second-order valence-corrected chi connectivity index (χ2v) is 4.33. The molecule has 1 fully saturated rings. The lowest BCUT2D eigenvalue weighted by atomic mass is 9.94. The Balaban J connectivity index is 2.88. The maximum Gasteiger partial charge on any atom is 0.246 e. The summed E-state index contributed by atoms with van der Waals surface area (Å²) in [6, 6.07) is -0.778. The van der Waals surface area contributed by atoms with Gasteiger partial charge in [0.05, 0.1) is 0 Å². The zero-order valence-corrected chi connectivity index (χ0v) is 10.2. The second-order valence-electron chi connectivity index (χ2n) is 4.33. The van der Waals surface area contributed by atoms with E-state index in [1.807, 2.05) is 13.8 Å². The zero-order valence-electron chi connectivity index (χ0n) is 10.2. The molecular formula is C12H20N2O2. The molecule has 1 saturated heterocycles. The Morgan fingerprint density at radius 1 is 1.56 bits per heavy atom. The van der Waals surface area contributed by atoms with Gasteiger partial charge in [0.1, 0.15) is 12.1 Å². The van der Waals surface area contributed by atoms with Crippen LogP contribution in [0.15, 0.2) is 12.7 Å². The fraction of sp³-hybridized carbons (Fsp3) is 0.667. The van der Waals surface area contributed by atoms with E-state index >= 15 is 0 Å². The van der Waals surface area contributed by atoms with Crippen LogP contribution in [0.3, 0.4) is 0 Å². The maximum atomic E-state index is 12.1. The summed E-state index contributed by atoms with van der Waals surface area (Å²) in [6.07, 6.45) is 2.52. The number of nitrogens with zero attached hydrogens (tertiary/aromatic N) is 1. The molecule has 0 radical (unpaired) electrons. The maximum absolute atomic E-state index is 12.1.